The number of hydrogen-bond acceptors (Lipinski definition) is 14. The van der Waals surface area contributed by atoms with Crippen LogP contribution in [0.25, 0.3) is 0 Å². The van der Waals surface area contributed by atoms with Gasteiger partial charge < -0.3 is 39.9 Å². The third-order valence-electron chi connectivity index (χ3n) is 5.71. The molecule has 0 radical (unpaired) electrons. The first-order chi connectivity index (χ1) is 19.9. The number of ether oxygens (including phenoxy) is 1. The lowest BCUT2D eigenvalue weighted by Gasteiger charge is -2.49. The highest BCUT2D eigenvalue weighted by atomic mass is 32.2. The molecule has 4 rings (SSSR count). The molecule has 1 aromatic rings. The van der Waals surface area contributed by atoms with E-state index in [4.69, 9.17) is 14.0 Å². The highest BCUT2D eigenvalue weighted by Crippen LogP contribution is 2.40. The zero-order chi connectivity index (χ0) is 29.4. The number of aliphatic hydroxyl groups is 1. The molecular formula is C24H26N6O9S2. The molecule has 0 aliphatic carbocycles. The lowest BCUT2D eigenvalue weighted by molar-refractivity contribution is -0.152. The Morgan fingerprint density at radius 1 is 1.29 bits per heavy atom. The van der Waals surface area contributed by atoms with E-state index in [-0.39, 0.29) is 29.5 Å². The van der Waals surface area contributed by atoms with Gasteiger partial charge >= 0.3 is 5.97 Å². The van der Waals surface area contributed by atoms with Crippen molar-refractivity contribution in [1.82, 2.24) is 20.9 Å². The third-order valence-corrected chi connectivity index (χ3v) is 8.11. The number of β-lactam (4-membered cyclic amide) rings is 1. The normalized spacial score (nSPS) is 21.5. The molecule has 1 fully saturated rings. The minimum Gasteiger partial charge on any atom is -0.462 e. The number of carbonyl (C=O) groups is 4. The van der Waals surface area contributed by atoms with Crippen LogP contribution in [0.1, 0.15) is 5.76 Å². The van der Waals surface area contributed by atoms with E-state index < -0.39 is 41.7 Å². The number of fused-ring (bicyclic) bond motifs is 1. The van der Waals surface area contributed by atoms with Gasteiger partial charge in [0.05, 0.1) is 17.9 Å². The van der Waals surface area contributed by atoms with E-state index in [0.29, 0.717) is 16.4 Å². The van der Waals surface area contributed by atoms with Gasteiger partial charge in [0.2, 0.25) is 5.71 Å². The van der Waals surface area contributed by atoms with Crippen LogP contribution in [0.3, 0.4) is 0 Å². The standard InChI is InChI=1S/C24H26N6O9S2/c1-36-27-7-16(32)25-8-17-26-6-13(11-40-17)10-39-24(35)20-14(9-31)12-41-23-19(22(34)30(20)23)28-21(33)18(29-37-2)15-4-3-5-38-15/h3-8,19,23,26,31H,9-12H2,1-2H3,(H,25,32)(H,28,33)/b17-8?,27-7-,29-18-/t19-,23-/m1/s1. The molecule has 0 saturated carbocycles. The van der Waals surface area contributed by atoms with Crippen LogP contribution in [0, 0.1) is 0 Å². The molecule has 0 spiro atoms. The second-order valence-corrected chi connectivity index (χ2v) is 10.4. The molecule has 3 aliphatic heterocycles. The average molecular weight is 607 g/mol. The summed E-state index contributed by atoms with van der Waals surface area (Å²) in [7, 11) is 2.60. The van der Waals surface area contributed by atoms with Crippen molar-refractivity contribution in [3.63, 3.8) is 0 Å². The number of carbonyl (C=O) groups excluding carboxylic acids is 4. The van der Waals surface area contributed by atoms with Crippen molar-refractivity contribution in [3.8, 4) is 0 Å². The van der Waals surface area contributed by atoms with Crippen molar-refractivity contribution in [2.24, 2.45) is 10.3 Å². The number of rotatable bonds is 11. The van der Waals surface area contributed by atoms with Gasteiger partial charge in [-0.2, -0.15) is 0 Å². The summed E-state index contributed by atoms with van der Waals surface area (Å²) in [5, 5.41) is 25.1. The summed E-state index contributed by atoms with van der Waals surface area (Å²) >= 11 is 2.66. The first-order valence-corrected chi connectivity index (χ1v) is 14.0. The lowest BCUT2D eigenvalue weighted by Crippen LogP contribution is -2.71. The van der Waals surface area contributed by atoms with Gasteiger partial charge in [0, 0.05) is 23.9 Å². The predicted octanol–water partition coefficient (Wildman–Crippen LogP) is -0.413. The molecule has 2 atom stereocenters. The first-order valence-electron chi connectivity index (χ1n) is 11.9. The summed E-state index contributed by atoms with van der Waals surface area (Å²) in [4.78, 5) is 61.0. The second-order valence-electron chi connectivity index (χ2n) is 8.32. The van der Waals surface area contributed by atoms with Gasteiger partial charge in [0.25, 0.3) is 17.7 Å². The van der Waals surface area contributed by atoms with E-state index in [9.17, 15) is 24.3 Å². The first kappa shape index (κ1) is 29.8. The van der Waals surface area contributed by atoms with Gasteiger partial charge in [0.15, 0.2) is 5.76 Å². The van der Waals surface area contributed by atoms with Crippen molar-refractivity contribution in [2.75, 3.05) is 38.9 Å². The highest BCUT2D eigenvalue weighted by molar-refractivity contribution is 8.03. The van der Waals surface area contributed by atoms with E-state index in [1.807, 2.05) is 0 Å². The molecule has 4 heterocycles. The number of nitrogens with zero attached hydrogens (tertiary/aromatic N) is 3. The zero-order valence-corrected chi connectivity index (χ0v) is 23.5. The Morgan fingerprint density at radius 3 is 2.78 bits per heavy atom. The molecule has 41 heavy (non-hydrogen) atoms. The van der Waals surface area contributed by atoms with Crippen LogP contribution in [-0.4, -0.2) is 96.0 Å². The summed E-state index contributed by atoms with van der Waals surface area (Å²) in [6.07, 6.45) is 5.47. The molecule has 0 unspecified atom stereocenters. The van der Waals surface area contributed by atoms with Crippen molar-refractivity contribution >= 4 is 59.1 Å². The van der Waals surface area contributed by atoms with E-state index in [0.717, 1.165) is 11.8 Å². The number of thioether (sulfide) groups is 2. The number of oxime groups is 2. The van der Waals surface area contributed by atoms with Crippen molar-refractivity contribution < 1.29 is 43.1 Å². The molecule has 0 aromatic carbocycles. The highest BCUT2D eigenvalue weighted by Gasteiger charge is 2.54. The van der Waals surface area contributed by atoms with Gasteiger partial charge in [-0.05, 0) is 23.3 Å². The van der Waals surface area contributed by atoms with Crippen LogP contribution in [-0.2, 0) is 33.6 Å². The summed E-state index contributed by atoms with van der Waals surface area (Å²) < 4.78 is 10.7. The molecule has 0 bridgehead atoms. The summed E-state index contributed by atoms with van der Waals surface area (Å²) in [6.45, 7) is -0.510. The maximum absolute atomic E-state index is 13.1. The van der Waals surface area contributed by atoms with Crippen LogP contribution in [0.15, 0.2) is 67.4 Å². The second kappa shape index (κ2) is 13.9. The van der Waals surface area contributed by atoms with Crippen molar-refractivity contribution in [2.45, 2.75) is 11.4 Å². The Kier molecular flexibility index (Phi) is 10.1. The molecule has 218 valence electrons. The number of amides is 3. The number of furan rings is 1. The predicted molar refractivity (Wildman–Crippen MR) is 148 cm³/mol. The van der Waals surface area contributed by atoms with E-state index in [2.05, 4.69) is 31.1 Å². The Labute approximate surface area is 242 Å². The van der Waals surface area contributed by atoms with Crippen LogP contribution in [0.2, 0.25) is 0 Å². The van der Waals surface area contributed by atoms with E-state index in [1.54, 1.807) is 12.3 Å². The number of hydrogen-bond donors (Lipinski definition) is 4. The van der Waals surface area contributed by atoms with Gasteiger partial charge in [-0.1, -0.05) is 10.3 Å². The molecule has 4 N–H and O–H groups in total. The van der Waals surface area contributed by atoms with Gasteiger partial charge in [-0.15, -0.1) is 23.5 Å². The van der Waals surface area contributed by atoms with Crippen molar-refractivity contribution in [3.05, 3.63) is 58.4 Å². The maximum atomic E-state index is 13.1. The van der Waals surface area contributed by atoms with Gasteiger partial charge in [-0.25, -0.2) is 4.79 Å². The molecule has 1 aromatic heterocycles. The fourth-order valence-electron chi connectivity index (χ4n) is 3.80. The molecular weight excluding hydrogens is 580 g/mol. The van der Waals surface area contributed by atoms with Crippen LogP contribution < -0.4 is 16.0 Å². The van der Waals surface area contributed by atoms with E-state index in [1.165, 1.54) is 61.2 Å². The largest absolute Gasteiger partial charge is 0.462 e. The molecule has 3 amide bonds. The topological polar surface area (TPSA) is 193 Å². The lowest BCUT2D eigenvalue weighted by atomic mass is 10.0. The van der Waals surface area contributed by atoms with Crippen LogP contribution in [0.4, 0.5) is 0 Å². The quantitative estimate of drug-likeness (QED) is 0.110. The average Bonchev–Trinajstić information content (AvgIpc) is 3.53. The Morgan fingerprint density at radius 2 is 2.12 bits per heavy atom. The Hall–Kier alpha value is -4.22. The van der Waals surface area contributed by atoms with E-state index >= 15 is 0 Å². The Balaban J connectivity index is 1.35. The smallest absolute Gasteiger partial charge is 0.355 e. The minimum absolute atomic E-state index is 0.0402. The minimum atomic E-state index is -0.944. The van der Waals surface area contributed by atoms with Crippen molar-refractivity contribution in [1.29, 1.82) is 0 Å². The van der Waals surface area contributed by atoms with Crippen LogP contribution in [0.5, 0.6) is 0 Å². The Bertz CT molecular complexity index is 1340. The third kappa shape index (κ3) is 6.93. The maximum Gasteiger partial charge on any atom is 0.355 e. The van der Waals surface area contributed by atoms with Crippen LogP contribution >= 0.6 is 23.5 Å². The summed E-state index contributed by atoms with van der Waals surface area (Å²) in [5.74, 6) is -1.58. The number of esters is 1. The fourth-order valence-corrected chi connectivity index (χ4v) is 5.93. The van der Waals surface area contributed by atoms with Gasteiger partial charge in [-0.3, -0.25) is 19.3 Å². The molecule has 1 saturated heterocycles. The summed E-state index contributed by atoms with van der Waals surface area (Å²) in [5.41, 5.74) is 0.892. The molecule has 17 heteroatoms. The number of aliphatic hydroxyl groups excluding tert-OH is 1. The fraction of sp³-hybridized carbons (Fsp3) is 0.333. The monoisotopic (exact) mass is 606 g/mol. The zero-order valence-electron chi connectivity index (χ0n) is 21.8. The van der Waals surface area contributed by atoms with Gasteiger partial charge in [0.1, 0.15) is 44.2 Å². The SMILES string of the molecule is CO/N=C\C(=O)NC=C1NC=C(COC(=O)C2=C(CO)CS[C@@H]3[C@H](NC(=O)/C(=N\OC)c4ccco4)C(=O)N23)CS1. The number of nitrogens with one attached hydrogen (secondary N) is 3. The summed E-state index contributed by atoms with van der Waals surface area (Å²) in [6, 6.07) is 2.16. The molecule has 15 nitrogen and oxygen atoms in total. The molecule has 3 aliphatic rings.